The zero-order valence-corrected chi connectivity index (χ0v) is 25.4. The molecule has 4 rings (SSSR count). The van der Waals surface area contributed by atoms with E-state index >= 15 is 0 Å². The van der Waals surface area contributed by atoms with Crippen molar-refractivity contribution in [1.29, 1.82) is 0 Å². The molecule has 2 N–H and O–H groups in total. The van der Waals surface area contributed by atoms with E-state index in [1.807, 2.05) is 0 Å². The fourth-order valence-corrected chi connectivity index (χ4v) is 8.19. The number of pyridine rings is 1. The molecule has 2 aliphatic rings. The fraction of sp³-hybridized carbons (Fsp3) is 0.464. The lowest BCUT2D eigenvalue weighted by atomic mass is 10.00. The van der Waals surface area contributed by atoms with Crippen LogP contribution >= 0.6 is 11.8 Å². The molecule has 0 bridgehead atoms. The minimum atomic E-state index is -4.06. The van der Waals surface area contributed by atoms with E-state index in [4.69, 9.17) is 0 Å². The number of benzene rings is 1. The van der Waals surface area contributed by atoms with Gasteiger partial charge in [0.05, 0.1) is 12.3 Å². The van der Waals surface area contributed by atoms with Crippen molar-refractivity contribution in [2.75, 3.05) is 32.1 Å². The summed E-state index contributed by atoms with van der Waals surface area (Å²) in [5.74, 6) is -1.97. The van der Waals surface area contributed by atoms with Gasteiger partial charge in [-0.2, -0.15) is 4.31 Å². The van der Waals surface area contributed by atoms with Gasteiger partial charge >= 0.3 is 5.97 Å². The van der Waals surface area contributed by atoms with Crippen LogP contribution in [-0.2, 0) is 42.0 Å². The van der Waals surface area contributed by atoms with Gasteiger partial charge in [0.25, 0.3) is 0 Å². The molecule has 3 heterocycles. The van der Waals surface area contributed by atoms with E-state index in [9.17, 15) is 32.7 Å². The van der Waals surface area contributed by atoms with Crippen LogP contribution in [0.15, 0.2) is 53.7 Å². The Labute approximate surface area is 249 Å². The Balaban J connectivity index is 1.40. The number of sulfonamides is 1. The summed E-state index contributed by atoms with van der Waals surface area (Å²) in [6.45, 7) is 6.98. The van der Waals surface area contributed by atoms with Crippen molar-refractivity contribution in [2.24, 2.45) is 0 Å². The van der Waals surface area contributed by atoms with Crippen LogP contribution in [0.25, 0.3) is 0 Å². The number of thioether (sulfide) groups is 1. The zero-order valence-electron chi connectivity index (χ0n) is 23.7. The number of hydrogen-bond acceptors (Lipinski definition) is 8. The molecule has 2 atom stereocenters. The first-order valence-electron chi connectivity index (χ1n) is 13.5. The van der Waals surface area contributed by atoms with Gasteiger partial charge in [0, 0.05) is 56.7 Å². The molecule has 0 spiro atoms. The van der Waals surface area contributed by atoms with Crippen LogP contribution in [0.5, 0.6) is 0 Å². The number of carboxylic acids is 1. The topological polar surface area (TPSA) is 157 Å². The Morgan fingerprint density at radius 3 is 2.24 bits per heavy atom. The second-order valence-corrected chi connectivity index (χ2v) is 14.3. The second-order valence-electron chi connectivity index (χ2n) is 10.8. The minimum absolute atomic E-state index is 0.00789. The first-order valence-corrected chi connectivity index (χ1v) is 15.9. The molecular formula is C28H35N5O7S2. The molecule has 0 saturated carbocycles. The lowest BCUT2D eigenvalue weighted by Gasteiger charge is -2.34. The van der Waals surface area contributed by atoms with Gasteiger partial charge in [0.2, 0.25) is 27.7 Å². The predicted molar refractivity (Wildman–Crippen MR) is 156 cm³/mol. The van der Waals surface area contributed by atoms with E-state index in [0.29, 0.717) is 31.7 Å². The molecule has 42 heavy (non-hydrogen) atoms. The van der Waals surface area contributed by atoms with E-state index in [-0.39, 0.29) is 35.4 Å². The maximum Gasteiger partial charge on any atom is 0.326 e. The van der Waals surface area contributed by atoms with Crippen LogP contribution in [0.3, 0.4) is 0 Å². The van der Waals surface area contributed by atoms with Crippen molar-refractivity contribution in [3.8, 4) is 0 Å². The quantitative estimate of drug-likeness (QED) is 0.418. The molecular weight excluding hydrogens is 582 g/mol. The number of amides is 3. The number of nitrogens with one attached hydrogen (secondary N) is 1. The Hall–Kier alpha value is -3.49. The molecule has 1 aromatic carbocycles. The van der Waals surface area contributed by atoms with Crippen LogP contribution in [0.2, 0.25) is 0 Å². The monoisotopic (exact) mass is 617 g/mol. The summed E-state index contributed by atoms with van der Waals surface area (Å²) in [4.78, 5) is 57.1. The molecule has 14 heteroatoms. The average Bonchev–Trinajstić information content (AvgIpc) is 3.29. The summed E-state index contributed by atoms with van der Waals surface area (Å²) in [6.07, 6.45) is 2.81. The number of hydrogen-bond donors (Lipinski definition) is 2. The third-order valence-electron chi connectivity index (χ3n) is 7.51. The predicted octanol–water partition coefficient (Wildman–Crippen LogP) is 0.969. The van der Waals surface area contributed by atoms with Crippen molar-refractivity contribution in [2.45, 2.75) is 55.3 Å². The van der Waals surface area contributed by atoms with E-state index in [0.717, 1.165) is 9.87 Å². The van der Waals surface area contributed by atoms with Gasteiger partial charge in [-0.15, -0.1) is 11.8 Å². The van der Waals surface area contributed by atoms with Gasteiger partial charge in [-0.05, 0) is 37.1 Å². The van der Waals surface area contributed by atoms with E-state index in [2.05, 4.69) is 10.3 Å². The Morgan fingerprint density at radius 1 is 1.05 bits per heavy atom. The van der Waals surface area contributed by atoms with Gasteiger partial charge in [0.15, 0.2) is 0 Å². The number of carboxylic acid groups (broad SMARTS) is 1. The molecule has 0 aliphatic carbocycles. The number of carbonyl (C=O) groups is 4. The largest absolute Gasteiger partial charge is 0.480 e. The maximum absolute atomic E-state index is 13.5. The smallest absolute Gasteiger partial charge is 0.326 e. The van der Waals surface area contributed by atoms with Crippen LogP contribution in [-0.4, -0.2) is 105 Å². The molecule has 2 saturated heterocycles. The van der Waals surface area contributed by atoms with E-state index < -0.39 is 38.7 Å². The van der Waals surface area contributed by atoms with Crippen molar-refractivity contribution < 1.29 is 32.7 Å². The Kier molecular flexibility index (Phi) is 9.58. The number of rotatable bonds is 9. The van der Waals surface area contributed by atoms with Gasteiger partial charge in [-0.3, -0.25) is 19.4 Å². The van der Waals surface area contributed by atoms with Gasteiger partial charge in [-0.1, -0.05) is 24.3 Å². The number of aliphatic carboxylic acids is 1. The molecule has 3 amide bonds. The number of aromatic nitrogens is 1. The molecule has 2 aliphatic heterocycles. The summed E-state index contributed by atoms with van der Waals surface area (Å²) < 4.78 is 26.9. The summed E-state index contributed by atoms with van der Waals surface area (Å²) in [7, 11) is -4.06. The van der Waals surface area contributed by atoms with Crippen molar-refractivity contribution in [3.05, 3.63) is 59.9 Å². The lowest BCUT2D eigenvalue weighted by Crippen LogP contribution is -2.56. The number of nitrogens with zero attached hydrogens (tertiary/aromatic N) is 4. The van der Waals surface area contributed by atoms with Crippen molar-refractivity contribution in [1.82, 2.24) is 24.4 Å². The van der Waals surface area contributed by atoms with E-state index in [1.54, 1.807) is 47.9 Å². The first kappa shape index (κ1) is 31.4. The molecule has 2 aromatic rings. The molecule has 226 valence electrons. The van der Waals surface area contributed by atoms with E-state index in [1.165, 1.54) is 43.2 Å². The highest BCUT2D eigenvalue weighted by Crippen LogP contribution is 2.42. The summed E-state index contributed by atoms with van der Waals surface area (Å²) >= 11 is 1.29. The highest BCUT2D eigenvalue weighted by atomic mass is 32.2. The Bertz CT molecular complexity index is 1430. The van der Waals surface area contributed by atoms with Crippen LogP contribution < -0.4 is 5.32 Å². The highest BCUT2D eigenvalue weighted by molar-refractivity contribution is 8.02. The molecule has 0 unspecified atom stereocenters. The Morgan fingerprint density at radius 2 is 1.67 bits per heavy atom. The summed E-state index contributed by atoms with van der Waals surface area (Å²) in [5.41, 5.74) is 1.39. The van der Waals surface area contributed by atoms with Crippen LogP contribution in [0.1, 0.15) is 31.9 Å². The van der Waals surface area contributed by atoms with Crippen LogP contribution in [0, 0.1) is 0 Å². The number of carbonyl (C=O) groups excluding carboxylic acids is 3. The third kappa shape index (κ3) is 7.10. The second kappa shape index (κ2) is 12.8. The fourth-order valence-electron chi connectivity index (χ4n) is 5.06. The van der Waals surface area contributed by atoms with Gasteiger partial charge in [-0.25, -0.2) is 13.2 Å². The zero-order chi connectivity index (χ0) is 30.7. The molecule has 12 nitrogen and oxygen atoms in total. The summed E-state index contributed by atoms with van der Waals surface area (Å²) in [6, 6.07) is 7.39. The van der Waals surface area contributed by atoms with Gasteiger partial charge in [0.1, 0.15) is 17.0 Å². The maximum atomic E-state index is 13.5. The molecule has 1 aromatic heterocycles. The number of piperazine rings is 1. The van der Waals surface area contributed by atoms with Crippen molar-refractivity contribution >= 4 is 45.5 Å². The third-order valence-corrected chi connectivity index (χ3v) is 10.8. The lowest BCUT2D eigenvalue weighted by molar-refractivity contribution is -0.142. The highest BCUT2D eigenvalue weighted by Gasteiger charge is 2.51. The minimum Gasteiger partial charge on any atom is -0.480 e. The van der Waals surface area contributed by atoms with Crippen LogP contribution in [0.4, 0.5) is 0 Å². The first-order chi connectivity index (χ1) is 19.8. The molecule has 2 fully saturated rings. The SMILES string of the molecule is CC(=O)N1CCN(C(=O)Cc2ccc(C[C@H](NC(=O)[C@H]3N(S(=O)(=O)c4cccnc4)CSC3(C)C)C(=O)O)cc2)CC1. The van der Waals surface area contributed by atoms with Crippen molar-refractivity contribution in [3.63, 3.8) is 0 Å². The molecule has 0 radical (unpaired) electrons. The normalized spacial score (nSPS) is 19.7. The summed E-state index contributed by atoms with van der Waals surface area (Å²) in [5, 5.41) is 12.5. The average molecular weight is 618 g/mol. The standard InChI is InChI=1S/C28H35N5O7S2/c1-19(34)31-11-13-32(14-12-31)24(35)16-21-8-6-20(7-9-21)15-23(27(37)38)30-26(36)25-28(2,3)41-18-33(25)42(39,40)22-5-4-10-29-17-22/h4-10,17,23,25H,11-16,18H2,1-3H3,(H,30,36)(H,37,38)/t23-,25+/m0/s1. The van der Waals surface area contributed by atoms with Gasteiger partial charge < -0.3 is 20.2 Å².